The molecule has 0 unspecified atom stereocenters. The molecule has 2 rings (SSSR count). The molecule has 0 radical (unpaired) electrons. The predicted octanol–water partition coefficient (Wildman–Crippen LogP) is 0.186. The Morgan fingerprint density at radius 3 is 2.71 bits per heavy atom. The Balaban J connectivity index is 2.15. The normalized spacial score (nSPS) is 12.0. The van der Waals surface area contributed by atoms with E-state index >= 15 is 0 Å². The molecule has 116 valence electrons. The fourth-order valence-electron chi connectivity index (χ4n) is 2.16. The van der Waals surface area contributed by atoms with Gasteiger partial charge in [-0.1, -0.05) is 5.21 Å². The molecule has 0 aliphatic carbocycles. The lowest BCUT2D eigenvalue weighted by molar-refractivity contribution is 0.493. The topological polar surface area (TPSA) is 102 Å². The number of hydrogen-bond donors (Lipinski definition) is 2. The molecule has 0 fully saturated rings. The van der Waals surface area contributed by atoms with E-state index in [2.05, 4.69) is 20.4 Å². The summed E-state index contributed by atoms with van der Waals surface area (Å²) in [5, 5.41) is 10.4. The number of nitrogens with one attached hydrogen (secondary N) is 2. The first-order valence-corrected chi connectivity index (χ1v) is 8.01. The molecule has 2 N–H and O–H groups in total. The molecule has 0 saturated carbocycles. The third-order valence-corrected chi connectivity index (χ3v) is 4.71. The molecular formula is C12H19N5O3S. The smallest absolute Gasteiger partial charge is 0.244 e. The maximum Gasteiger partial charge on any atom is 0.244 e. The van der Waals surface area contributed by atoms with E-state index in [0.717, 1.165) is 0 Å². The molecule has 0 amide bonds. The molecule has 0 spiro atoms. The highest BCUT2D eigenvalue weighted by molar-refractivity contribution is 7.89. The standard InChI is InChI=1S/C12H19N5O3S/c1-9-11(8-13-3)12(10(2)20-9)21(18,19)15-5-7-17-6-4-14-16-17/h4,6,13,15H,5,7-8H2,1-3H3. The molecule has 0 atom stereocenters. The highest BCUT2D eigenvalue weighted by Gasteiger charge is 2.26. The van der Waals surface area contributed by atoms with Crippen molar-refractivity contribution in [1.29, 1.82) is 0 Å². The highest BCUT2D eigenvalue weighted by atomic mass is 32.2. The summed E-state index contributed by atoms with van der Waals surface area (Å²) in [4.78, 5) is 0.216. The summed E-state index contributed by atoms with van der Waals surface area (Å²) in [5.41, 5.74) is 0.656. The fraction of sp³-hybridized carbons (Fsp3) is 0.500. The van der Waals surface area contributed by atoms with E-state index < -0.39 is 10.0 Å². The zero-order valence-corrected chi connectivity index (χ0v) is 13.1. The van der Waals surface area contributed by atoms with Gasteiger partial charge in [-0.15, -0.1) is 5.10 Å². The van der Waals surface area contributed by atoms with Gasteiger partial charge in [0, 0.05) is 24.8 Å². The molecule has 2 aromatic heterocycles. The molecule has 21 heavy (non-hydrogen) atoms. The van der Waals surface area contributed by atoms with Crippen molar-refractivity contribution >= 4 is 10.0 Å². The van der Waals surface area contributed by atoms with Crippen molar-refractivity contribution in [3.8, 4) is 0 Å². The van der Waals surface area contributed by atoms with Crippen LogP contribution in [0, 0.1) is 13.8 Å². The Morgan fingerprint density at radius 1 is 1.33 bits per heavy atom. The van der Waals surface area contributed by atoms with E-state index in [1.807, 2.05) is 0 Å². The van der Waals surface area contributed by atoms with Gasteiger partial charge in [0.25, 0.3) is 0 Å². The SMILES string of the molecule is CNCc1c(C)oc(C)c1S(=O)(=O)NCCn1ccnn1. The molecule has 0 bridgehead atoms. The molecular weight excluding hydrogens is 294 g/mol. The Bertz CT molecular complexity index is 691. The van der Waals surface area contributed by atoms with E-state index in [0.29, 0.717) is 30.2 Å². The largest absolute Gasteiger partial charge is 0.465 e. The van der Waals surface area contributed by atoms with Crippen LogP contribution in [0.5, 0.6) is 0 Å². The fourth-order valence-corrected chi connectivity index (χ4v) is 3.63. The van der Waals surface area contributed by atoms with Crippen molar-refractivity contribution in [3.05, 3.63) is 29.5 Å². The minimum Gasteiger partial charge on any atom is -0.465 e. The molecule has 2 aromatic rings. The van der Waals surface area contributed by atoms with Gasteiger partial charge in [-0.05, 0) is 20.9 Å². The highest BCUT2D eigenvalue weighted by Crippen LogP contribution is 2.26. The molecule has 0 saturated heterocycles. The molecule has 0 aromatic carbocycles. The second-order valence-corrected chi connectivity index (χ2v) is 6.32. The summed E-state index contributed by atoms with van der Waals surface area (Å²) in [5.74, 6) is 1.00. The van der Waals surface area contributed by atoms with Crippen LogP contribution in [0.3, 0.4) is 0 Å². The number of sulfonamides is 1. The summed E-state index contributed by atoms with van der Waals surface area (Å²) >= 11 is 0. The number of aryl methyl sites for hydroxylation is 2. The monoisotopic (exact) mass is 313 g/mol. The maximum atomic E-state index is 12.4. The van der Waals surface area contributed by atoms with E-state index in [-0.39, 0.29) is 11.4 Å². The zero-order chi connectivity index (χ0) is 15.5. The minimum atomic E-state index is -3.62. The minimum absolute atomic E-state index is 0.216. The number of hydrogen-bond acceptors (Lipinski definition) is 6. The number of rotatable bonds is 7. The summed E-state index contributed by atoms with van der Waals surface area (Å²) in [7, 11) is -1.86. The van der Waals surface area contributed by atoms with Crippen LogP contribution in [0.2, 0.25) is 0 Å². The van der Waals surface area contributed by atoms with Gasteiger partial charge in [-0.25, -0.2) is 13.1 Å². The summed E-state index contributed by atoms with van der Waals surface area (Å²) in [6, 6.07) is 0. The predicted molar refractivity (Wildman–Crippen MR) is 76.2 cm³/mol. The average molecular weight is 313 g/mol. The van der Waals surface area contributed by atoms with E-state index in [4.69, 9.17) is 4.42 Å². The van der Waals surface area contributed by atoms with Crippen molar-refractivity contribution in [2.75, 3.05) is 13.6 Å². The van der Waals surface area contributed by atoms with Crippen LogP contribution in [0.1, 0.15) is 17.1 Å². The van der Waals surface area contributed by atoms with Crippen molar-refractivity contribution in [2.24, 2.45) is 0 Å². The first-order valence-electron chi connectivity index (χ1n) is 6.53. The number of furan rings is 1. The van der Waals surface area contributed by atoms with Gasteiger partial charge >= 0.3 is 0 Å². The Hall–Kier alpha value is -1.71. The van der Waals surface area contributed by atoms with Gasteiger partial charge in [-0.3, -0.25) is 4.68 Å². The van der Waals surface area contributed by atoms with Crippen molar-refractivity contribution in [2.45, 2.75) is 31.8 Å². The van der Waals surface area contributed by atoms with Crippen LogP contribution in [-0.4, -0.2) is 37.0 Å². The molecule has 0 aliphatic rings. The van der Waals surface area contributed by atoms with Crippen molar-refractivity contribution < 1.29 is 12.8 Å². The van der Waals surface area contributed by atoms with Crippen LogP contribution < -0.4 is 10.0 Å². The Labute approximate surface area is 123 Å². The second-order valence-electron chi connectivity index (χ2n) is 4.62. The Morgan fingerprint density at radius 2 is 2.10 bits per heavy atom. The van der Waals surface area contributed by atoms with Crippen LogP contribution in [0.4, 0.5) is 0 Å². The van der Waals surface area contributed by atoms with Crippen molar-refractivity contribution in [1.82, 2.24) is 25.0 Å². The second kappa shape index (κ2) is 6.37. The average Bonchev–Trinajstić information content (AvgIpc) is 2.99. The lowest BCUT2D eigenvalue weighted by Gasteiger charge is -2.08. The van der Waals surface area contributed by atoms with Gasteiger partial charge in [0.1, 0.15) is 16.4 Å². The van der Waals surface area contributed by atoms with E-state index in [9.17, 15) is 8.42 Å². The quantitative estimate of drug-likeness (QED) is 0.756. The lowest BCUT2D eigenvalue weighted by atomic mass is 10.2. The van der Waals surface area contributed by atoms with Crippen LogP contribution in [0.25, 0.3) is 0 Å². The first kappa shape index (κ1) is 15.7. The van der Waals surface area contributed by atoms with Gasteiger partial charge in [0.2, 0.25) is 10.0 Å². The number of nitrogens with zero attached hydrogens (tertiary/aromatic N) is 3. The third-order valence-electron chi connectivity index (χ3n) is 3.05. The summed E-state index contributed by atoms with van der Waals surface area (Å²) in [6.45, 7) is 4.49. The van der Waals surface area contributed by atoms with Gasteiger partial charge < -0.3 is 9.73 Å². The van der Waals surface area contributed by atoms with Crippen LogP contribution in [0.15, 0.2) is 21.7 Å². The van der Waals surface area contributed by atoms with E-state index in [1.165, 1.54) is 0 Å². The maximum absolute atomic E-state index is 12.4. The molecule has 8 nitrogen and oxygen atoms in total. The third kappa shape index (κ3) is 3.49. The van der Waals surface area contributed by atoms with Crippen LogP contribution >= 0.6 is 0 Å². The van der Waals surface area contributed by atoms with Gasteiger partial charge in [0.05, 0.1) is 12.7 Å². The summed E-state index contributed by atoms with van der Waals surface area (Å²) in [6.07, 6.45) is 3.22. The van der Waals surface area contributed by atoms with E-state index in [1.54, 1.807) is 38.0 Å². The van der Waals surface area contributed by atoms with Crippen molar-refractivity contribution in [3.63, 3.8) is 0 Å². The molecule has 2 heterocycles. The molecule has 0 aliphatic heterocycles. The molecule has 9 heteroatoms. The summed E-state index contributed by atoms with van der Waals surface area (Å²) < 4.78 is 34.5. The van der Waals surface area contributed by atoms with Crippen LogP contribution in [-0.2, 0) is 23.1 Å². The van der Waals surface area contributed by atoms with Gasteiger partial charge in [-0.2, -0.15) is 0 Å². The first-order chi connectivity index (χ1) is 9.95. The number of aromatic nitrogens is 3. The van der Waals surface area contributed by atoms with Gasteiger partial charge in [0.15, 0.2) is 0 Å². The lowest BCUT2D eigenvalue weighted by Crippen LogP contribution is -2.29. The Kier molecular flexibility index (Phi) is 4.76. The zero-order valence-electron chi connectivity index (χ0n) is 12.3.